The lowest BCUT2D eigenvalue weighted by molar-refractivity contribution is 1.18. The van der Waals surface area contributed by atoms with Crippen molar-refractivity contribution in [2.75, 3.05) is 13.3 Å². The fraction of sp³-hybridized carbons (Fsp3) is 0.250. The van der Waals surface area contributed by atoms with Crippen LogP contribution in [0.2, 0.25) is 0 Å². The molecular formula is C12H15N4P. The topological polar surface area (TPSA) is 86.0 Å². The molecule has 0 aromatic heterocycles. The zero-order valence-corrected chi connectivity index (χ0v) is 10.8. The van der Waals surface area contributed by atoms with Crippen LogP contribution in [-0.4, -0.2) is 25.4 Å². The molecule has 0 aliphatic carbocycles. The molecule has 1 atom stereocenters. The van der Waals surface area contributed by atoms with Crippen LogP contribution in [0.25, 0.3) is 0 Å². The number of nitrogens with two attached hydrogens (primary N) is 1. The molecule has 1 rings (SSSR count). The van der Waals surface area contributed by atoms with Gasteiger partial charge in [0.25, 0.3) is 0 Å². The second-order valence-corrected chi connectivity index (χ2v) is 5.96. The molecule has 0 fully saturated rings. The molecule has 1 unspecified atom stereocenters. The molecule has 5 heteroatoms. The van der Waals surface area contributed by atoms with Crippen molar-refractivity contribution in [2.45, 2.75) is 0 Å². The predicted octanol–water partition coefficient (Wildman–Crippen LogP) is 1.83. The van der Waals surface area contributed by atoms with Gasteiger partial charge < -0.3 is 11.1 Å². The summed E-state index contributed by atoms with van der Waals surface area (Å²) in [5.41, 5.74) is 6.52. The lowest BCUT2D eigenvalue weighted by Gasteiger charge is -2.10. The van der Waals surface area contributed by atoms with E-state index >= 15 is 0 Å². The molecule has 0 radical (unpaired) electrons. The number of aliphatic imine (C=N–C) groups is 1. The van der Waals surface area contributed by atoms with E-state index in [0.717, 1.165) is 17.2 Å². The third-order valence-corrected chi connectivity index (χ3v) is 3.58. The van der Waals surface area contributed by atoms with Gasteiger partial charge in [0.1, 0.15) is 11.8 Å². The Bertz CT molecular complexity index is 474. The van der Waals surface area contributed by atoms with Crippen LogP contribution in [0.15, 0.2) is 29.3 Å². The highest BCUT2D eigenvalue weighted by Gasteiger charge is 2.10. The van der Waals surface area contributed by atoms with Crippen molar-refractivity contribution >= 4 is 31.0 Å². The van der Waals surface area contributed by atoms with Gasteiger partial charge in [-0.15, -0.1) is 0 Å². The number of nitrogens with zero attached hydrogens (tertiary/aromatic N) is 2. The highest BCUT2D eigenvalue weighted by molar-refractivity contribution is 7.64. The molecule has 0 bridgehead atoms. The smallest absolute Gasteiger partial charge is 0.138 e. The minimum Gasteiger partial charge on any atom is -0.386 e. The van der Waals surface area contributed by atoms with E-state index in [4.69, 9.17) is 16.4 Å². The Morgan fingerprint density at radius 2 is 2.18 bits per heavy atom. The number of benzene rings is 1. The van der Waals surface area contributed by atoms with Crippen molar-refractivity contribution in [3.05, 3.63) is 24.3 Å². The number of amidine groups is 1. The Balaban J connectivity index is 3.14. The van der Waals surface area contributed by atoms with Crippen LogP contribution in [0.4, 0.5) is 5.69 Å². The van der Waals surface area contributed by atoms with E-state index in [1.807, 2.05) is 30.3 Å². The van der Waals surface area contributed by atoms with E-state index in [1.54, 1.807) is 0 Å². The maximum atomic E-state index is 8.79. The first-order valence-electron chi connectivity index (χ1n) is 5.10. The van der Waals surface area contributed by atoms with Crippen molar-refractivity contribution in [3.63, 3.8) is 0 Å². The third kappa shape index (κ3) is 3.37. The minimum atomic E-state index is -0.747. The standard InChI is InChI=1S/C12H15N4P/c1-17(2)11-6-4-3-5-10(11)16-12(15)9(7-13)8-14/h3-7,9,13H,1-2H3,(H2,15,16). The summed E-state index contributed by atoms with van der Waals surface area (Å²) < 4.78 is 0. The van der Waals surface area contributed by atoms with Gasteiger partial charge in [-0.3, -0.25) is 0 Å². The predicted molar refractivity (Wildman–Crippen MR) is 74.0 cm³/mol. The minimum absolute atomic E-state index is 0.173. The Morgan fingerprint density at radius 1 is 1.53 bits per heavy atom. The summed E-state index contributed by atoms with van der Waals surface area (Å²) in [6.07, 6.45) is 1.00. The van der Waals surface area contributed by atoms with Crippen LogP contribution in [-0.2, 0) is 0 Å². The van der Waals surface area contributed by atoms with E-state index in [1.165, 1.54) is 0 Å². The molecule has 88 valence electrons. The number of nitriles is 1. The van der Waals surface area contributed by atoms with Gasteiger partial charge in [0.2, 0.25) is 0 Å². The second-order valence-electron chi connectivity index (χ2n) is 3.69. The summed E-state index contributed by atoms with van der Waals surface area (Å²) in [4.78, 5) is 4.26. The van der Waals surface area contributed by atoms with Crippen molar-refractivity contribution in [3.8, 4) is 6.07 Å². The van der Waals surface area contributed by atoms with E-state index in [2.05, 4.69) is 18.3 Å². The van der Waals surface area contributed by atoms with Gasteiger partial charge in [-0.2, -0.15) is 5.26 Å². The Labute approximate surface area is 102 Å². The summed E-state index contributed by atoms with van der Waals surface area (Å²) in [6, 6.07) is 9.67. The fourth-order valence-electron chi connectivity index (χ4n) is 1.33. The number of nitrogens with one attached hydrogen (secondary N) is 1. The Hall–Kier alpha value is -1.72. The summed E-state index contributed by atoms with van der Waals surface area (Å²) in [5.74, 6) is -0.574. The van der Waals surface area contributed by atoms with Gasteiger partial charge in [0, 0.05) is 11.5 Å². The van der Waals surface area contributed by atoms with Crippen molar-refractivity contribution in [1.29, 1.82) is 10.7 Å². The van der Waals surface area contributed by atoms with E-state index in [9.17, 15) is 0 Å². The zero-order chi connectivity index (χ0) is 12.8. The lowest BCUT2D eigenvalue weighted by atomic mass is 10.2. The average Bonchev–Trinajstić information content (AvgIpc) is 2.31. The normalized spacial score (nSPS) is 13.2. The zero-order valence-electron chi connectivity index (χ0n) is 9.88. The first-order valence-corrected chi connectivity index (χ1v) is 7.34. The van der Waals surface area contributed by atoms with Gasteiger partial charge in [-0.25, -0.2) is 4.99 Å². The van der Waals surface area contributed by atoms with Crippen molar-refractivity contribution in [2.24, 2.45) is 16.6 Å². The van der Waals surface area contributed by atoms with Crippen LogP contribution in [0.1, 0.15) is 0 Å². The van der Waals surface area contributed by atoms with E-state index < -0.39 is 5.92 Å². The average molecular weight is 246 g/mol. The molecule has 0 spiro atoms. The van der Waals surface area contributed by atoms with Crippen molar-refractivity contribution < 1.29 is 0 Å². The molecule has 1 aromatic carbocycles. The molecule has 0 saturated heterocycles. The second kappa shape index (κ2) is 6.12. The molecule has 0 amide bonds. The quantitative estimate of drug-likeness (QED) is 0.482. The molecule has 4 nitrogen and oxygen atoms in total. The molecule has 0 aliphatic rings. The summed E-state index contributed by atoms with van der Waals surface area (Å²) >= 11 is 0. The highest BCUT2D eigenvalue weighted by Crippen LogP contribution is 2.29. The highest BCUT2D eigenvalue weighted by atomic mass is 31.1. The van der Waals surface area contributed by atoms with Gasteiger partial charge in [-0.1, -0.05) is 26.1 Å². The monoisotopic (exact) mass is 246 g/mol. The molecule has 0 saturated carbocycles. The number of para-hydroxylation sites is 1. The van der Waals surface area contributed by atoms with Crippen LogP contribution in [0, 0.1) is 22.7 Å². The summed E-state index contributed by atoms with van der Waals surface area (Å²) in [5, 5.41) is 17.0. The number of hydrogen-bond donors (Lipinski definition) is 2. The van der Waals surface area contributed by atoms with E-state index in [-0.39, 0.29) is 13.8 Å². The van der Waals surface area contributed by atoms with Gasteiger partial charge in [-0.05, 0) is 19.4 Å². The largest absolute Gasteiger partial charge is 0.386 e. The molecular weight excluding hydrogens is 231 g/mol. The lowest BCUT2D eigenvalue weighted by Crippen LogP contribution is -2.23. The summed E-state index contributed by atoms with van der Waals surface area (Å²) in [6.45, 7) is 4.27. The number of hydrogen-bond acceptors (Lipinski definition) is 3. The van der Waals surface area contributed by atoms with E-state index in [0.29, 0.717) is 0 Å². The molecule has 3 N–H and O–H groups in total. The van der Waals surface area contributed by atoms with Gasteiger partial charge in [0.05, 0.1) is 11.8 Å². The van der Waals surface area contributed by atoms with Crippen LogP contribution >= 0.6 is 7.92 Å². The number of rotatable bonds is 4. The van der Waals surface area contributed by atoms with Crippen LogP contribution in [0.3, 0.4) is 0 Å². The maximum absolute atomic E-state index is 8.79. The maximum Gasteiger partial charge on any atom is 0.138 e. The first kappa shape index (κ1) is 13.3. The fourth-order valence-corrected chi connectivity index (χ4v) is 2.30. The van der Waals surface area contributed by atoms with Crippen LogP contribution < -0.4 is 11.0 Å². The SMILES string of the molecule is CP(C)c1ccccc1N=C(N)C(C#N)C=N. The molecule has 1 aromatic rings. The molecule has 17 heavy (non-hydrogen) atoms. The Kier molecular flexibility index (Phi) is 4.81. The van der Waals surface area contributed by atoms with Crippen LogP contribution in [0.5, 0.6) is 0 Å². The molecule has 0 aliphatic heterocycles. The molecule has 0 heterocycles. The third-order valence-electron chi connectivity index (χ3n) is 2.24. The van der Waals surface area contributed by atoms with Gasteiger partial charge in [0.15, 0.2) is 0 Å². The summed E-state index contributed by atoms with van der Waals surface area (Å²) in [7, 11) is -0.277. The first-order chi connectivity index (χ1) is 8.10. The van der Waals surface area contributed by atoms with Gasteiger partial charge >= 0.3 is 0 Å². The van der Waals surface area contributed by atoms with Crippen molar-refractivity contribution in [1.82, 2.24) is 0 Å². The Morgan fingerprint density at radius 3 is 2.71 bits per heavy atom.